The lowest BCUT2D eigenvalue weighted by Gasteiger charge is -2.06. The molecule has 21 heavy (non-hydrogen) atoms. The van der Waals surface area contributed by atoms with E-state index >= 15 is 0 Å². The van der Waals surface area contributed by atoms with Crippen LogP contribution in [0.2, 0.25) is 0 Å². The highest BCUT2D eigenvalue weighted by Gasteiger charge is 2.10. The summed E-state index contributed by atoms with van der Waals surface area (Å²) >= 11 is 0. The number of hydrogen-bond donors (Lipinski definition) is 1. The van der Waals surface area contributed by atoms with Crippen LogP contribution in [0.3, 0.4) is 0 Å². The Morgan fingerprint density at radius 3 is 2.24 bits per heavy atom. The van der Waals surface area contributed by atoms with E-state index in [0.717, 1.165) is 17.7 Å². The van der Waals surface area contributed by atoms with E-state index < -0.39 is 11.6 Å². The molecule has 5 heteroatoms. The first-order valence-electron chi connectivity index (χ1n) is 6.29. The van der Waals surface area contributed by atoms with Crippen LogP contribution in [-0.4, -0.2) is 9.97 Å². The molecule has 0 saturated heterocycles. The zero-order valence-electron chi connectivity index (χ0n) is 10.9. The highest BCUT2D eigenvalue weighted by Crippen LogP contribution is 2.24. The van der Waals surface area contributed by atoms with Gasteiger partial charge in [0, 0.05) is 17.2 Å². The summed E-state index contributed by atoms with van der Waals surface area (Å²) in [7, 11) is 0. The van der Waals surface area contributed by atoms with E-state index in [2.05, 4.69) is 9.97 Å². The van der Waals surface area contributed by atoms with Crippen molar-refractivity contribution in [3.63, 3.8) is 0 Å². The molecule has 0 atom stereocenters. The molecule has 3 aromatic rings. The van der Waals surface area contributed by atoms with Gasteiger partial charge in [-0.2, -0.15) is 0 Å². The molecule has 2 aromatic carbocycles. The highest BCUT2D eigenvalue weighted by atomic mass is 19.2. The molecule has 1 heterocycles. The van der Waals surface area contributed by atoms with Crippen molar-refractivity contribution in [1.29, 1.82) is 0 Å². The average Bonchev–Trinajstić information content (AvgIpc) is 2.50. The minimum atomic E-state index is -0.945. The fourth-order valence-electron chi connectivity index (χ4n) is 1.99. The topological polar surface area (TPSA) is 51.8 Å². The largest absolute Gasteiger partial charge is 0.384 e. The van der Waals surface area contributed by atoms with Crippen LogP contribution in [0.5, 0.6) is 0 Å². The van der Waals surface area contributed by atoms with Gasteiger partial charge < -0.3 is 5.73 Å². The number of anilines is 1. The molecule has 0 amide bonds. The van der Waals surface area contributed by atoms with Crippen molar-refractivity contribution < 1.29 is 8.78 Å². The van der Waals surface area contributed by atoms with E-state index in [-0.39, 0.29) is 11.6 Å². The van der Waals surface area contributed by atoms with Crippen LogP contribution in [0.1, 0.15) is 0 Å². The Kier molecular flexibility index (Phi) is 3.31. The Morgan fingerprint density at radius 1 is 0.762 bits per heavy atom. The Balaban J connectivity index is 2.11. The molecule has 0 unspecified atom stereocenters. The van der Waals surface area contributed by atoms with Crippen LogP contribution >= 0.6 is 0 Å². The second-order valence-corrected chi connectivity index (χ2v) is 4.50. The summed E-state index contributed by atoms with van der Waals surface area (Å²) in [4.78, 5) is 8.44. The zero-order valence-corrected chi connectivity index (χ0v) is 10.9. The van der Waals surface area contributed by atoms with Crippen LogP contribution in [0.4, 0.5) is 14.6 Å². The second-order valence-electron chi connectivity index (χ2n) is 4.50. The minimum absolute atomic E-state index is 0.257. The highest BCUT2D eigenvalue weighted by molar-refractivity contribution is 5.66. The fraction of sp³-hybridized carbons (Fsp3) is 0. The lowest BCUT2D eigenvalue weighted by molar-refractivity contribution is 0.509. The average molecular weight is 283 g/mol. The van der Waals surface area contributed by atoms with Crippen LogP contribution in [0, 0.1) is 11.6 Å². The van der Waals surface area contributed by atoms with Gasteiger partial charge >= 0.3 is 0 Å². The lowest BCUT2D eigenvalue weighted by atomic mass is 10.1. The number of nitrogens with two attached hydrogens (primary N) is 1. The molecule has 0 bridgehead atoms. The zero-order chi connectivity index (χ0) is 14.8. The molecule has 104 valence electrons. The summed E-state index contributed by atoms with van der Waals surface area (Å²) in [6, 6.07) is 14.6. The standard InChI is InChI=1S/C16H11F2N3/c17-12-7-6-11(8-13(12)18)16-20-14(9-15(19)21-16)10-4-2-1-3-5-10/h1-9H,(H2,19,20,21). The molecule has 0 fully saturated rings. The normalized spacial score (nSPS) is 10.6. The van der Waals surface area contributed by atoms with Gasteiger partial charge in [0.05, 0.1) is 5.69 Å². The van der Waals surface area contributed by atoms with Crippen LogP contribution in [-0.2, 0) is 0 Å². The van der Waals surface area contributed by atoms with Gasteiger partial charge in [-0.1, -0.05) is 30.3 Å². The van der Waals surface area contributed by atoms with Crippen molar-refractivity contribution in [3.05, 3.63) is 66.2 Å². The van der Waals surface area contributed by atoms with Gasteiger partial charge in [-0.3, -0.25) is 0 Å². The lowest BCUT2D eigenvalue weighted by Crippen LogP contribution is -1.98. The van der Waals surface area contributed by atoms with Crippen LogP contribution in [0.15, 0.2) is 54.6 Å². The van der Waals surface area contributed by atoms with Gasteiger partial charge in [-0.05, 0) is 18.2 Å². The number of rotatable bonds is 2. The molecule has 2 N–H and O–H groups in total. The fourth-order valence-corrected chi connectivity index (χ4v) is 1.99. The third-order valence-corrected chi connectivity index (χ3v) is 2.99. The third-order valence-electron chi connectivity index (χ3n) is 2.99. The molecule has 0 aliphatic heterocycles. The monoisotopic (exact) mass is 283 g/mol. The minimum Gasteiger partial charge on any atom is -0.384 e. The molecule has 0 saturated carbocycles. The molecular formula is C16H11F2N3. The molecule has 1 aromatic heterocycles. The summed E-state index contributed by atoms with van der Waals surface area (Å²) in [5.41, 5.74) is 7.66. The molecule has 0 spiro atoms. The number of halogens is 2. The maximum atomic E-state index is 13.3. The van der Waals surface area contributed by atoms with Crippen molar-refractivity contribution in [2.75, 3.05) is 5.73 Å². The summed E-state index contributed by atoms with van der Waals surface area (Å²) < 4.78 is 26.3. The summed E-state index contributed by atoms with van der Waals surface area (Å²) in [6.07, 6.45) is 0. The van der Waals surface area contributed by atoms with E-state index in [1.807, 2.05) is 30.3 Å². The first-order chi connectivity index (χ1) is 10.1. The van der Waals surface area contributed by atoms with Crippen molar-refractivity contribution in [3.8, 4) is 22.6 Å². The summed E-state index contributed by atoms with van der Waals surface area (Å²) in [6.45, 7) is 0. The Hall–Kier alpha value is -2.82. The van der Waals surface area contributed by atoms with Gasteiger partial charge in [-0.15, -0.1) is 0 Å². The van der Waals surface area contributed by atoms with Crippen molar-refractivity contribution in [1.82, 2.24) is 9.97 Å². The number of aromatic nitrogens is 2. The summed E-state index contributed by atoms with van der Waals surface area (Å²) in [5, 5.41) is 0. The van der Waals surface area contributed by atoms with E-state index in [0.29, 0.717) is 11.3 Å². The van der Waals surface area contributed by atoms with E-state index in [4.69, 9.17) is 5.73 Å². The molecule has 3 rings (SSSR count). The van der Waals surface area contributed by atoms with Crippen molar-refractivity contribution in [2.45, 2.75) is 0 Å². The first kappa shape index (κ1) is 13.2. The number of nitrogen functional groups attached to an aromatic ring is 1. The van der Waals surface area contributed by atoms with Crippen molar-refractivity contribution >= 4 is 5.82 Å². The predicted molar refractivity (Wildman–Crippen MR) is 77.2 cm³/mol. The number of benzene rings is 2. The van der Waals surface area contributed by atoms with Gasteiger partial charge in [0.15, 0.2) is 17.5 Å². The van der Waals surface area contributed by atoms with Crippen molar-refractivity contribution in [2.24, 2.45) is 0 Å². The van der Waals surface area contributed by atoms with E-state index in [1.54, 1.807) is 6.07 Å². The molecule has 0 radical (unpaired) electrons. The number of nitrogens with zero attached hydrogens (tertiary/aromatic N) is 2. The van der Waals surface area contributed by atoms with Gasteiger partial charge in [0.2, 0.25) is 0 Å². The molecule has 0 aliphatic carbocycles. The molecular weight excluding hydrogens is 272 g/mol. The maximum Gasteiger partial charge on any atom is 0.162 e. The Bertz CT molecular complexity index is 789. The van der Waals surface area contributed by atoms with Gasteiger partial charge in [0.1, 0.15) is 5.82 Å². The van der Waals surface area contributed by atoms with Crippen LogP contribution in [0.25, 0.3) is 22.6 Å². The predicted octanol–water partition coefficient (Wildman–Crippen LogP) is 3.67. The quantitative estimate of drug-likeness (QED) is 0.780. The van der Waals surface area contributed by atoms with E-state index in [1.165, 1.54) is 6.07 Å². The number of hydrogen-bond acceptors (Lipinski definition) is 3. The van der Waals surface area contributed by atoms with Crippen LogP contribution < -0.4 is 5.73 Å². The SMILES string of the molecule is Nc1cc(-c2ccccc2)nc(-c2ccc(F)c(F)c2)n1. The molecule has 0 aliphatic rings. The summed E-state index contributed by atoms with van der Waals surface area (Å²) in [5.74, 6) is -1.33. The first-order valence-corrected chi connectivity index (χ1v) is 6.29. The molecule has 3 nitrogen and oxygen atoms in total. The second kappa shape index (κ2) is 5.28. The van der Waals surface area contributed by atoms with E-state index in [9.17, 15) is 8.78 Å². The Morgan fingerprint density at radius 2 is 1.52 bits per heavy atom. The van der Waals surface area contributed by atoms with Gasteiger partial charge in [-0.25, -0.2) is 18.7 Å². The van der Waals surface area contributed by atoms with Gasteiger partial charge in [0.25, 0.3) is 0 Å². The third kappa shape index (κ3) is 2.72. The smallest absolute Gasteiger partial charge is 0.162 e. The maximum absolute atomic E-state index is 13.3. The Labute approximate surface area is 120 Å².